The molecule has 0 amide bonds. The van der Waals surface area contributed by atoms with E-state index in [2.05, 4.69) is 40.7 Å². The molecule has 0 fully saturated rings. The summed E-state index contributed by atoms with van der Waals surface area (Å²) in [6, 6.07) is 0. The van der Waals surface area contributed by atoms with Crippen LogP contribution in [0.25, 0.3) is 0 Å². The first kappa shape index (κ1) is 14.2. The zero-order valence-corrected chi connectivity index (χ0v) is 11.6. The molecule has 0 saturated carbocycles. The molecule has 4 heteroatoms. The lowest BCUT2D eigenvalue weighted by Crippen LogP contribution is -2.32. The fraction of sp³-hybridized carbons (Fsp3) is 0.769. The van der Waals surface area contributed by atoms with Gasteiger partial charge in [0.05, 0.1) is 0 Å². The van der Waals surface area contributed by atoms with Gasteiger partial charge < -0.3 is 14.8 Å². The van der Waals surface area contributed by atoms with Crippen molar-refractivity contribution in [2.24, 2.45) is 5.92 Å². The Kier molecular flexibility index (Phi) is 6.22. The third-order valence-electron chi connectivity index (χ3n) is 2.87. The van der Waals surface area contributed by atoms with Crippen LogP contribution in [-0.4, -0.2) is 47.7 Å². The summed E-state index contributed by atoms with van der Waals surface area (Å²) in [5.41, 5.74) is 0. The van der Waals surface area contributed by atoms with Crippen LogP contribution in [0.15, 0.2) is 12.4 Å². The Morgan fingerprint density at radius 1 is 1.41 bits per heavy atom. The number of nitrogens with zero attached hydrogens (tertiary/aromatic N) is 3. The molecule has 0 saturated heterocycles. The zero-order chi connectivity index (χ0) is 12.7. The van der Waals surface area contributed by atoms with Gasteiger partial charge in [0.2, 0.25) is 0 Å². The molecule has 0 radical (unpaired) electrons. The highest BCUT2D eigenvalue weighted by Crippen LogP contribution is 1.95. The number of nitrogens with one attached hydrogen (secondary N) is 1. The van der Waals surface area contributed by atoms with Crippen LogP contribution < -0.4 is 5.32 Å². The number of aryl methyl sites for hydroxylation is 1. The summed E-state index contributed by atoms with van der Waals surface area (Å²) in [7, 11) is 2.17. The average Bonchev–Trinajstić information content (AvgIpc) is 2.67. The van der Waals surface area contributed by atoms with Crippen LogP contribution in [0.5, 0.6) is 0 Å². The molecule has 1 aromatic rings. The Morgan fingerprint density at radius 3 is 2.76 bits per heavy atom. The molecule has 0 aliphatic heterocycles. The van der Waals surface area contributed by atoms with Gasteiger partial charge in [-0.15, -0.1) is 0 Å². The number of aromatic nitrogens is 2. The van der Waals surface area contributed by atoms with E-state index in [0.717, 1.165) is 44.5 Å². The maximum Gasteiger partial charge on any atom is 0.105 e. The van der Waals surface area contributed by atoms with Crippen LogP contribution in [0, 0.1) is 12.8 Å². The summed E-state index contributed by atoms with van der Waals surface area (Å²) in [5, 5.41) is 3.46. The van der Waals surface area contributed by atoms with E-state index >= 15 is 0 Å². The van der Waals surface area contributed by atoms with Crippen molar-refractivity contribution in [1.29, 1.82) is 0 Å². The normalized spacial score (nSPS) is 11.6. The number of likely N-dealkylation sites (N-methyl/N-ethyl adjacent to an activating group) is 1. The Bertz CT molecular complexity index is 306. The van der Waals surface area contributed by atoms with E-state index in [1.165, 1.54) is 0 Å². The molecule has 1 N–H and O–H groups in total. The summed E-state index contributed by atoms with van der Waals surface area (Å²) in [5.74, 6) is 1.82. The van der Waals surface area contributed by atoms with E-state index in [1.807, 2.05) is 19.3 Å². The highest BCUT2D eigenvalue weighted by Gasteiger charge is 2.01. The van der Waals surface area contributed by atoms with Gasteiger partial charge >= 0.3 is 0 Å². The highest BCUT2D eigenvalue weighted by atomic mass is 15.1. The first-order chi connectivity index (χ1) is 8.09. The lowest BCUT2D eigenvalue weighted by molar-refractivity contribution is 0.313. The van der Waals surface area contributed by atoms with Gasteiger partial charge in [0, 0.05) is 38.6 Å². The first-order valence-electron chi connectivity index (χ1n) is 6.46. The molecule has 1 rings (SSSR count). The molecule has 0 spiro atoms. The van der Waals surface area contributed by atoms with E-state index in [4.69, 9.17) is 0 Å². The minimum absolute atomic E-state index is 0.730. The van der Waals surface area contributed by atoms with Crippen LogP contribution in [0.1, 0.15) is 19.7 Å². The lowest BCUT2D eigenvalue weighted by Gasteiger charge is -2.18. The Balaban J connectivity index is 2.09. The van der Waals surface area contributed by atoms with Crippen LogP contribution >= 0.6 is 0 Å². The van der Waals surface area contributed by atoms with Crippen LogP contribution in [0.4, 0.5) is 0 Å². The van der Waals surface area contributed by atoms with Crippen molar-refractivity contribution < 1.29 is 0 Å². The minimum atomic E-state index is 0.730. The van der Waals surface area contributed by atoms with Crippen molar-refractivity contribution in [2.75, 3.05) is 33.2 Å². The fourth-order valence-electron chi connectivity index (χ4n) is 1.69. The second-order valence-corrected chi connectivity index (χ2v) is 5.07. The maximum atomic E-state index is 4.22. The molecule has 1 heterocycles. The summed E-state index contributed by atoms with van der Waals surface area (Å²) >= 11 is 0. The van der Waals surface area contributed by atoms with Gasteiger partial charge in [0.15, 0.2) is 0 Å². The molecular formula is C13H26N4. The monoisotopic (exact) mass is 238 g/mol. The molecule has 0 atom stereocenters. The fourth-order valence-corrected chi connectivity index (χ4v) is 1.69. The van der Waals surface area contributed by atoms with Crippen LogP contribution in [0.2, 0.25) is 0 Å². The molecule has 0 aliphatic carbocycles. The van der Waals surface area contributed by atoms with Gasteiger partial charge in [-0.1, -0.05) is 13.8 Å². The summed E-state index contributed by atoms with van der Waals surface area (Å²) in [6.07, 6.45) is 3.90. The average molecular weight is 238 g/mol. The number of hydrogen-bond acceptors (Lipinski definition) is 3. The molecular weight excluding hydrogens is 212 g/mol. The standard InChI is InChI=1S/C13H26N4/c1-12(2)11-14-5-7-16(4)9-10-17-8-6-15-13(17)3/h6,8,12,14H,5,7,9-11H2,1-4H3. The zero-order valence-electron chi connectivity index (χ0n) is 11.6. The van der Waals surface area contributed by atoms with Gasteiger partial charge in [0.25, 0.3) is 0 Å². The Hall–Kier alpha value is -0.870. The summed E-state index contributed by atoms with van der Waals surface area (Å²) < 4.78 is 2.19. The predicted octanol–water partition coefficient (Wildman–Crippen LogP) is 1.37. The highest BCUT2D eigenvalue weighted by molar-refractivity contribution is 4.88. The Morgan fingerprint density at radius 2 is 2.18 bits per heavy atom. The second kappa shape index (κ2) is 7.45. The van der Waals surface area contributed by atoms with Gasteiger partial charge in [-0.2, -0.15) is 0 Å². The molecule has 98 valence electrons. The van der Waals surface area contributed by atoms with E-state index in [-0.39, 0.29) is 0 Å². The number of imidazole rings is 1. The quantitative estimate of drug-likeness (QED) is 0.694. The van der Waals surface area contributed by atoms with Crippen molar-refractivity contribution in [3.8, 4) is 0 Å². The van der Waals surface area contributed by atoms with Crippen molar-refractivity contribution in [3.05, 3.63) is 18.2 Å². The van der Waals surface area contributed by atoms with E-state index in [9.17, 15) is 0 Å². The Labute approximate surface area is 105 Å². The third-order valence-corrected chi connectivity index (χ3v) is 2.87. The largest absolute Gasteiger partial charge is 0.334 e. The number of rotatable bonds is 8. The summed E-state index contributed by atoms with van der Waals surface area (Å²) in [6.45, 7) is 11.9. The predicted molar refractivity (Wildman–Crippen MR) is 72.2 cm³/mol. The van der Waals surface area contributed by atoms with E-state index in [0.29, 0.717) is 0 Å². The van der Waals surface area contributed by atoms with Crippen molar-refractivity contribution in [3.63, 3.8) is 0 Å². The second-order valence-electron chi connectivity index (χ2n) is 5.07. The first-order valence-corrected chi connectivity index (χ1v) is 6.46. The molecule has 1 aromatic heterocycles. The maximum absolute atomic E-state index is 4.22. The molecule has 17 heavy (non-hydrogen) atoms. The third kappa shape index (κ3) is 5.84. The van der Waals surface area contributed by atoms with Crippen LogP contribution in [0.3, 0.4) is 0 Å². The van der Waals surface area contributed by atoms with Gasteiger partial charge in [0.1, 0.15) is 5.82 Å². The van der Waals surface area contributed by atoms with E-state index < -0.39 is 0 Å². The molecule has 0 bridgehead atoms. The van der Waals surface area contributed by atoms with Crippen molar-refractivity contribution >= 4 is 0 Å². The number of hydrogen-bond donors (Lipinski definition) is 1. The summed E-state index contributed by atoms with van der Waals surface area (Å²) in [4.78, 5) is 6.58. The van der Waals surface area contributed by atoms with Gasteiger partial charge in [-0.05, 0) is 26.4 Å². The van der Waals surface area contributed by atoms with Gasteiger partial charge in [-0.3, -0.25) is 0 Å². The van der Waals surface area contributed by atoms with E-state index in [1.54, 1.807) is 0 Å². The van der Waals surface area contributed by atoms with Crippen molar-refractivity contribution in [1.82, 2.24) is 19.8 Å². The molecule has 0 aliphatic rings. The minimum Gasteiger partial charge on any atom is -0.334 e. The van der Waals surface area contributed by atoms with Crippen molar-refractivity contribution in [2.45, 2.75) is 27.3 Å². The molecule has 0 aromatic carbocycles. The molecule has 0 unspecified atom stereocenters. The van der Waals surface area contributed by atoms with Crippen LogP contribution in [-0.2, 0) is 6.54 Å². The topological polar surface area (TPSA) is 33.1 Å². The lowest BCUT2D eigenvalue weighted by atomic mass is 10.2. The molecule has 4 nitrogen and oxygen atoms in total. The van der Waals surface area contributed by atoms with Gasteiger partial charge in [-0.25, -0.2) is 4.98 Å². The smallest absolute Gasteiger partial charge is 0.105 e. The SMILES string of the molecule is Cc1nccn1CCN(C)CCNCC(C)C.